The third-order valence-electron chi connectivity index (χ3n) is 1.41. The largest absolute Gasteiger partial charge is 0.481 e. The first-order valence-electron chi connectivity index (χ1n) is 6.79. The van der Waals surface area contributed by atoms with E-state index in [1.54, 1.807) is 0 Å². The van der Waals surface area contributed by atoms with Crippen molar-refractivity contribution >= 4 is 11.9 Å². The van der Waals surface area contributed by atoms with Crippen LogP contribution in [0.2, 0.25) is 0 Å². The molecular weight excluding hydrogens is 493 g/mol. The second kappa shape index (κ2) is 43.4. The summed E-state index contributed by atoms with van der Waals surface area (Å²) in [5.74, 6) is -1.67. The number of hydrogen-bond acceptors (Lipinski definition) is 2. The van der Waals surface area contributed by atoms with E-state index in [1.807, 2.05) is 37.8 Å². The number of carboxylic acid groups (broad SMARTS) is 2. The van der Waals surface area contributed by atoms with Crippen LogP contribution in [-0.2, 0) is 50.4 Å². The first-order chi connectivity index (χ1) is 10.3. The molecule has 0 spiro atoms. The molecule has 0 aromatic carbocycles. The van der Waals surface area contributed by atoms with Crippen molar-refractivity contribution < 1.29 is 60.6 Å². The Morgan fingerprint density at radius 1 is 0.750 bits per heavy atom. The van der Waals surface area contributed by atoms with E-state index in [0.29, 0.717) is 0 Å². The van der Waals surface area contributed by atoms with Crippen molar-refractivity contribution in [3.05, 3.63) is 64.8 Å². The molecule has 0 aliphatic heterocycles. The zero-order valence-corrected chi connectivity index (χ0v) is 17.6. The molecule has 6 heteroatoms. The van der Waals surface area contributed by atoms with Gasteiger partial charge in [0.1, 0.15) is 0 Å². The first kappa shape index (κ1) is 39.0. The monoisotopic (exact) mass is 522 g/mol. The van der Waals surface area contributed by atoms with Crippen LogP contribution in [0.5, 0.6) is 0 Å². The zero-order valence-electron chi connectivity index (χ0n) is 14.5. The van der Waals surface area contributed by atoms with E-state index in [0.717, 1.165) is 39.5 Å². The van der Waals surface area contributed by atoms with Gasteiger partial charge in [-0.2, -0.15) is 0 Å². The van der Waals surface area contributed by atoms with Crippen LogP contribution in [0.25, 0.3) is 0 Å². The minimum Gasteiger partial charge on any atom is -0.481 e. The molecule has 146 valence electrons. The van der Waals surface area contributed by atoms with E-state index in [4.69, 9.17) is 19.8 Å². The van der Waals surface area contributed by atoms with Gasteiger partial charge in [-0.25, -0.2) is 0 Å². The van der Waals surface area contributed by atoms with Gasteiger partial charge in [0, 0.05) is 54.7 Å². The molecule has 2 N–H and O–H groups in total. The van der Waals surface area contributed by atoms with E-state index in [1.165, 1.54) is 0 Å². The Balaban J connectivity index is -0.0000000453. The molecule has 0 saturated heterocycles. The molecule has 0 aliphatic carbocycles. The van der Waals surface area contributed by atoms with Crippen LogP contribution >= 0.6 is 0 Å². The van der Waals surface area contributed by atoms with Gasteiger partial charge < -0.3 is 10.2 Å². The van der Waals surface area contributed by atoms with Crippen LogP contribution < -0.4 is 0 Å². The van der Waals surface area contributed by atoms with Crippen LogP contribution in [0, 0.1) is 39.5 Å². The van der Waals surface area contributed by atoms with Gasteiger partial charge in [0.05, 0.1) is 0 Å². The number of rotatable bonds is 8. The van der Waals surface area contributed by atoms with Crippen LogP contribution in [0.3, 0.4) is 0 Å². The molecule has 0 unspecified atom stereocenters. The third kappa shape index (κ3) is 156. The fraction of sp³-hybridized carbons (Fsp3) is 0.333. The predicted molar refractivity (Wildman–Crippen MR) is 93.4 cm³/mol. The number of carbonyl (C=O) groups is 2. The molecule has 0 bridgehead atoms. The zero-order chi connectivity index (χ0) is 18.2. The average Bonchev–Trinajstić information content (AvgIpc) is 2.39. The molecule has 4 nitrogen and oxygen atoms in total. The van der Waals surface area contributed by atoms with Crippen molar-refractivity contribution in [3.63, 3.8) is 0 Å². The standard InChI is InChI=1S/2C7H11.2C2H4O2.2Pd/c2*1-3-5-7-6-4-2;2*1-2(3)4;;/h2*3-5H,1-2,6-7H2;2*1H3,(H,3,4);;. The van der Waals surface area contributed by atoms with E-state index >= 15 is 0 Å². The normalized spacial score (nSPS) is 7.17. The molecule has 0 amide bonds. The number of hydrogen-bond donors (Lipinski definition) is 2. The Labute approximate surface area is 176 Å². The van der Waals surface area contributed by atoms with E-state index in [2.05, 4.69) is 27.0 Å². The minimum atomic E-state index is -0.833. The Bertz CT molecular complexity index is 223. The summed E-state index contributed by atoms with van der Waals surface area (Å²) in [5.41, 5.74) is 0. The van der Waals surface area contributed by atoms with Crippen molar-refractivity contribution in [2.24, 2.45) is 0 Å². The van der Waals surface area contributed by atoms with Gasteiger partial charge in [-0.15, -0.1) is 13.2 Å². The molecule has 0 saturated carbocycles. The van der Waals surface area contributed by atoms with Gasteiger partial charge in [-0.3, -0.25) is 9.59 Å². The molecule has 0 heterocycles. The topological polar surface area (TPSA) is 74.6 Å². The maximum Gasteiger partial charge on any atom is 0.300 e. The Morgan fingerprint density at radius 2 is 0.958 bits per heavy atom. The van der Waals surface area contributed by atoms with Gasteiger partial charge in [-0.1, -0.05) is 12.2 Å². The predicted octanol–water partition coefficient (Wildman–Crippen LogP) is 4.57. The van der Waals surface area contributed by atoms with Gasteiger partial charge in [0.2, 0.25) is 0 Å². The maximum atomic E-state index is 9.00. The number of unbranched alkanes of at least 4 members (excludes halogenated alkanes) is 6. The fourth-order valence-electron chi connectivity index (χ4n) is 0.664. The summed E-state index contributed by atoms with van der Waals surface area (Å²) in [4.78, 5) is 18.0. The second-order valence-corrected chi connectivity index (χ2v) is 3.71. The minimum absolute atomic E-state index is 0. The van der Waals surface area contributed by atoms with Crippen molar-refractivity contribution in [1.29, 1.82) is 0 Å². The molecule has 6 radical (unpaired) electrons. The summed E-state index contributed by atoms with van der Waals surface area (Å²) < 4.78 is 0. The smallest absolute Gasteiger partial charge is 0.300 e. The van der Waals surface area contributed by atoms with Gasteiger partial charge in [-0.05, 0) is 65.2 Å². The van der Waals surface area contributed by atoms with Gasteiger partial charge >= 0.3 is 0 Å². The Kier molecular flexibility index (Phi) is 70.5. The molecule has 24 heavy (non-hydrogen) atoms. The number of aliphatic carboxylic acids is 2. The second-order valence-electron chi connectivity index (χ2n) is 3.71. The van der Waals surface area contributed by atoms with Crippen molar-refractivity contribution in [2.75, 3.05) is 0 Å². The maximum absolute atomic E-state index is 9.00. The molecule has 0 atom stereocenters. The van der Waals surface area contributed by atoms with Crippen LogP contribution in [0.1, 0.15) is 39.5 Å². The fourth-order valence-corrected chi connectivity index (χ4v) is 0.664. The van der Waals surface area contributed by atoms with Gasteiger partial charge in [0.15, 0.2) is 0 Å². The van der Waals surface area contributed by atoms with E-state index in [-0.39, 0.29) is 40.8 Å². The van der Waals surface area contributed by atoms with Gasteiger partial charge in [0.25, 0.3) is 11.9 Å². The van der Waals surface area contributed by atoms with Crippen LogP contribution in [0.15, 0.2) is 25.3 Å². The third-order valence-corrected chi connectivity index (χ3v) is 1.41. The summed E-state index contributed by atoms with van der Waals surface area (Å²) in [6.45, 7) is 16.4. The molecule has 0 rings (SSSR count). The Hall–Kier alpha value is -0.255. The SMILES string of the molecule is CC(=O)O.CC(=O)O.[CH2][CH][CH]CCC=C.[CH2][CH][CH]CCC=C.[Pd].[Pd]. The van der Waals surface area contributed by atoms with E-state index in [9.17, 15) is 0 Å². The molecule has 0 aliphatic rings. The van der Waals surface area contributed by atoms with Crippen LogP contribution in [0.4, 0.5) is 0 Å². The summed E-state index contributed by atoms with van der Waals surface area (Å²) in [6, 6.07) is 0. The first-order valence-corrected chi connectivity index (χ1v) is 6.79. The molecule has 0 fully saturated rings. The number of carboxylic acids is 2. The van der Waals surface area contributed by atoms with Crippen molar-refractivity contribution in [3.8, 4) is 0 Å². The summed E-state index contributed by atoms with van der Waals surface area (Å²) in [5, 5.41) is 14.8. The summed E-state index contributed by atoms with van der Waals surface area (Å²) >= 11 is 0. The average molecular weight is 523 g/mol. The molecule has 0 aromatic heterocycles. The summed E-state index contributed by atoms with van der Waals surface area (Å²) in [7, 11) is 0. The number of allylic oxidation sites excluding steroid dienone is 2. The molecular formula is C18H30O4Pd2. The Morgan fingerprint density at radius 3 is 1.08 bits per heavy atom. The van der Waals surface area contributed by atoms with Crippen LogP contribution in [-0.4, -0.2) is 22.2 Å². The summed E-state index contributed by atoms with van der Waals surface area (Å²) in [6.07, 6.45) is 15.8. The van der Waals surface area contributed by atoms with Crippen molar-refractivity contribution in [1.82, 2.24) is 0 Å². The van der Waals surface area contributed by atoms with Crippen molar-refractivity contribution in [2.45, 2.75) is 39.5 Å². The quantitative estimate of drug-likeness (QED) is 0.278. The van der Waals surface area contributed by atoms with E-state index < -0.39 is 11.9 Å². The molecule has 0 aromatic rings.